The van der Waals surface area contributed by atoms with E-state index in [4.69, 9.17) is 10.3 Å². The van der Waals surface area contributed by atoms with Crippen molar-refractivity contribution in [2.24, 2.45) is 0 Å². The van der Waals surface area contributed by atoms with Crippen LogP contribution in [-0.2, 0) is 6.42 Å². The maximum Gasteiger partial charge on any atom is 0.228 e. The molecule has 0 fully saturated rings. The molecule has 0 aliphatic carbocycles. The summed E-state index contributed by atoms with van der Waals surface area (Å²) in [6, 6.07) is 2.05. The fourth-order valence-electron chi connectivity index (χ4n) is 1.79. The van der Waals surface area contributed by atoms with E-state index in [1.54, 1.807) is 11.3 Å². The average molecular weight is 276 g/mol. The third-order valence-electron chi connectivity index (χ3n) is 2.57. The van der Waals surface area contributed by atoms with Crippen LogP contribution >= 0.6 is 11.3 Å². The van der Waals surface area contributed by atoms with Gasteiger partial charge in [-0.05, 0) is 13.0 Å². The Kier molecular flexibility index (Phi) is 3.00. The van der Waals surface area contributed by atoms with Gasteiger partial charge in [-0.1, -0.05) is 5.16 Å². The molecule has 3 rings (SSSR count). The number of nitrogen functional groups attached to an aromatic ring is 1. The minimum Gasteiger partial charge on any atom is -0.369 e. The van der Waals surface area contributed by atoms with Crippen LogP contribution in [0.3, 0.4) is 0 Å². The molecule has 0 aromatic carbocycles. The zero-order valence-electron chi connectivity index (χ0n) is 10.3. The Labute approximate surface area is 112 Å². The predicted octanol–water partition coefficient (Wildman–Crippen LogP) is 1.62. The van der Waals surface area contributed by atoms with E-state index < -0.39 is 0 Å². The number of nitrogens with zero attached hydrogens (tertiary/aromatic N) is 4. The first kappa shape index (κ1) is 11.8. The average Bonchev–Trinajstić information content (AvgIpc) is 2.97. The van der Waals surface area contributed by atoms with Crippen molar-refractivity contribution in [3.05, 3.63) is 23.2 Å². The van der Waals surface area contributed by atoms with Crippen LogP contribution in [-0.4, -0.2) is 26.7 Å². The molecule has 0 bridgehead atoms. The van der Waals surface area contributed by atoms with Gasteiger partial charge >= 0.3 is 0 Å². The van der Waals surface area contributed by atoms with Crippen LogP contribution in [0.4, 0.5) is 11.8 Å². The topological polar surface area (TPSA) is 103 Å². The molecule has 0 amide bonds. The Morgan fingerprint density at radius 3 is 3.11 bits per heavy atom. The highest BCUT2D eigenvalue weighted by molar-refractivity contribution is 7.18. The van der Waals surface area contributed by atoms with Gasteiger partial charge in [-0.3, -0.25) is 0 Å². The van der Waals surface area contributed by atoms with Crippen LogP contribution in [0.2, 0.25) is 0 Å². The largest absolute Gasteiger partial charge is 0.369 e. The van der Waals surface area contributed by atoms with E-state index in [2.05, 4.69) is 31.5 Å². The third kappa shape index (κ3) is 2.48. The monoisotopic (exact) mass is 276 g/mol. The normalized spacial score (nSPS) is 11.0. The van der Waals surface area contributed by atoms with E-state index in [0.29, 0.717) is 18.9 Å². The Balaban J connectivity index is 1.79. The SMILES string of the molecule is Cc1cc2c(NCCc3ncno3)nc(N)nc2s1. The highest BCUT2D eigenvalue weighted by atomic mass is 32.1. The summed E-state index contributed by atoms with van der Waals surface area (Å²) in [4.78, 5) is 14.5. The number of nitrogens with one attached hydrogen (secondary N) is 1. The van der Waals surface area contributed by atoms with Crippen LogP contribution in [0.15, 0.2) is 16.9 Å². The molecule has 3 aromatic rings. The van der Waals surface area contributed by atoms with Gasteiger partial charge in [-0.2, -0.15) is 9.97 Å². The Bertz CT molecular complexity index is 693. The lowest BCUT2D eigenvalue weighted by Gasteiger charge is -2.05. The van der Waals surface area contributed by atoms with E-state index in [1.165, 1.54) is 11.2 Å². The number of nitrogens with two attached hydrogens (primary N) is 1. The molecule has 19 heavy (non-hydrogen) atoms. The number of anilines is 2. The molecule has 98 valence electrons. The number of aromatic nitrogens is 4. The quantitative estimate of drug-likeness (QED) is 0.746. The van der Waals surface area contributed by atoms with Crippen LogP contribution in [0, 0.1) is 6.92 Å². The molecule has 0 radical (unpaired) electrons. The second-order valence-electron chi connectivity index (χ2n) is 4.02. The maximum absolute atomic E-state index is 5.70. The summed E-state index contributed by atoms with van der Waals surface area (Å²) >= 11 is 1.60. The van der Waals surface area contributed by atoms with Crippen LogP contribution < -0.4 is 11.1 Å². The van der Waals surface area contributed by atoms with E-state index >= 15 is 0 Å². The molecule has 7 nitrogen and oxygen atoms in total. The lowest BCUT2D eigenvalue weighted by atomic mass is 10.3. The van der Waals surface area contributed by atoms with Gasteiger partial charge in [0.25, 0.3) is 0 Å². The van der Waals surface area contributed by atoms with Gasteiger partial charge in [0.2, 0.25) is 11.8 Å². The van der Waals surface area contributed by atoms with Crippen molar-refractivity contribution in [2.45, 2.75) is 13.3 Å². The number of fused-ring (bicyclic) bond motifs is 1. The molecule has 0 unspecified atom stereocenters. The van der Waals surface area contributed by atoms with Crippen molar-refractivity contribution in [3.8, 4) is 0 Å². The van der Waals surface area contributed by atoms with Crippen molar-refractivity contribution < 1.29 is 4.52 Å². The number of thiophene rings is 1. The van der Waals surface area contributed by atoms with Crippen molar-refractivity contribution in [1.82, 2.24) is 20.1 Å². The van der Waals surface area contributed by atoms with Gasteiger partial charge < -0.3 is 15.6 Å². The molecule has 0 aliphatic rings. The fraction of sp³-hybridized carbons (Fsp3) is 0.273. The van der Waals surface area contributed by atoms with Crippen molar-refractivity contribution in [3.63, 3.8) is 0 Å². The number of hydrogen-bond donors (Lipinski definition) is 2. The Morgan fingerprint density at radius 1 is 1.42 bits per heavy atom. The highest BCUT2D eigenvalue weighted by Crippen LogP contribution is 2.28. The molecule has 0 saturated carbocycles. The molecule has 3 N–H and O–H groups in total. The molecule has 0 atom stereocenters. The fourth-order valence-corrected chi connectivity index (χ4v) is 2.67. The summed E-state index contributed by atoms with van der Waals surface area (Å²) < 4.78 is 4.93. The zero-order valence-corrected chi connectivity index (χ0v) is 11.1. The summed E-state index contributed by atoms with van der Waals surface area (Å²) in [6.07, 6.45) is 2.02. The summed E-state index contributed by atoms with van der Waals surface area (Å²) in [5, 5.41) is 7.77. The molecule has 3 aromatic heterocycles. The minimum atomic E-state index is 0.273. The maximum atomic E-state index is 5.70. The van der Waals surface area contributed by atoms with Gasteiger partial charge in [0.15, 0.2) is 6.33 Å². The smallest absolute Gasteiger partial charge is 0.228 e. The molecule has 8 heteroatoms. The zero-order chi connectivity index (χ0) is 13.2. The summed E-state index contributed by atoms with van der Waals surface area (Å²) in [5.41, 5.74) is 5.70. The van der Waals surface area contributed by atoms with E-state index in [0.717, 1.165) is 16.0 Å². The van der Waals surface area contributed by atoms with Gasteiger partial charge in [0, 0.05) is 17.8 Å². The summed E-state index contributed by atoms with van der Waals surface area (Å²) in [6.45, 7) is 2.67. The lowest BCUT2D eigenvalue weighted by molar-refractivity contribution is 0.380. The first-order chi connectivity index (χ1) is 9.22. The van der Waals surface area contributed by atoms with Gasteiger partial charge in [-0.25, -0.2) is 4.98 Å². The summed E-state index contributed by atoms with van der Waals surface area (Å²) in [5.74, 6) is 1.60. The second-order valence-corrected chi connectivity index (χ2v) is 5.25. The van der Waals surface area contributed by atoms with Gasteiger partial charge in [0.1, 0.15) is 10.6 Å². The second kappa shape index (κ2) is 4.81. The van der Waals surface area contributed by atoms with Gasteiger partial charge in [-0.15, -0.1) is 11.3 Å². The molecule has 0 aliphatic heterocycles. The highest BCUT2D eigenvalue weighted by Gasteiger charge is 2.09. The van der Waals surface area contributed by atoms with Gasteiger partial charge in [0.05, 0.1) is 5.39 Å². The number of aryl methyl sites for hydroxylation is 1. The lowest BCUT2D eigenvalue weighted by Crippen LogP contribution is -2.08. The van der Waals surface area contributed by atoms with Crippen molar-refractivity contribution >= 4 is 33.3 Å². The van der Waals surface area contributed by atoms with Crippen LogP contribution in [0.25, 0.3) is 10.2 Å². The van der Waals surface area contributed by atoms with E-state index in [9.17, 15) is 0 Å². The third-order valence-corrected chi connectivity index (χ3v) is 3.52. The first-order valence-electron chi connectivity index (χ1n) is 5.75. The standard InChI is InChI=1S/C11H12N6OS/c1-6-4-7-9(16-11(12)17-10(7)19-6)13-3-2-8-14-5-15-18-8/h4-5H,2-3H2,1H3,(H3,12,13,16,17). The van der Waals surface area contributed by atoms with Crippen molar-refractivity contribution in [2.75, 3.05) is 17.6 Å². The molecular formula is C11H12N6OS. The van der Waals surface area contributed by atoms with E-state index in [-0.39, 0.29) is 5.95 Å². The number of hydrogen-bond acceptors (Lipinski definition) is 8. The molecule has 3 heterocycles. The van der Waals surface area contributed by atoms with E-state index in [1.807, 2.05) is 6.92 Å². The molecule has 0 spiro atoms. The number of rotatable bonds is 4. The van der Waals surface area contributed by atoms with Crippen molar-refractivity contribution in [1.29, 1.82) is 0 Å². The first-order valence-corrected chi connectivity index (χ1v) is 6.57. The predicted molar refractivity (Wildman–Crippen MR) is 73.1 cm³/mol. The molecular weight excluding hydrogens is 264 g/mol. The molecule has 0 saturated heterocycles. The van der Waals surface area contributed by atoms with Crippen LogP contribution in [0.1, 0.15) is 10.8 Å². The Morgan fingerprint density at radius 2 is 2.32 bits per heavy atom. The summed E-state index contributed by atoms with van der Waals surface area (Å²) in [7, 11) is 0. The minimum absolute atomic E-state index is 0.273. The Hall–Kier alpha value is -2.22. The van der Waals surface area contributed by atoms with Crippen LogP contribution in [0.5, 0.6) is 0 Å².